The Morgan fingerprint density at radius 2 is 1.81 bits per heavy atom. The van der Waals surface area contributed by atoms with Crippen LogP contribution in [-0.2, 0) is 9.84 Å². The normalized spacial score (nSPS) is 12.1. The topological polar surface area (TPSA) is 73.7 Å². The summed E-state index contributed by atoms with van der Waals surface area (Å²) >= 11 is 8.99. The van der Waals surface area contributed by atoms with E-state index in [4.69, 9.17) is 11.6 Å². The molecule has 0 aliphatic carbocycles. The molecule has 3 aromatic carbocycles. The molecule has 0 spiro atoms. The molecular formula is C23H13BrClFN2O2S. The van der Waals surface area contributed by atoms with Gasteiger partial charge < -0.3 is 4.98 Å². The van der Waals surface area contributed by atoms with Gasteiger partial charge in [0, 0.05) is 27.1 Å². The van der Waals surface area contributed by atoms with Gasteiger partial charge in [-0.15, -0.1) is 0 Å². The fourth-order valence-electron chi connectivity index (χ4n) is 3.23. The first-order chi connectivity index (χ1) is 14.8. The number of rotatable bonds is 4. The molecule has 31 heavy (non-hydrogen) atoms. The molecule has 0 unspecified atom stereocenters. The molecule has 1 heterocycles. The highest BCUT2D eigenvalue weighted by molar-refractivity contribution is 9.10. The van der Waals surface area contributed by atoms with E-state index in [1.807, 2.05) is 12.1 Å². The molecule has 0 amide bonds. The van der Waals surface area contributed by atoms with Crippen molar-refractivity contribution in [3.05, 3.63) is 92.5 Å². The van der Waals surface area contributed by atoms with E-state index in [2.05, 4.69) is 20.9 Å². The van der Waals surface area contributed by atoms with Gasteiger partial charge in [0.2, 0.25) is 9.84 Å². The summed E-state index contributed by atoms with van der Waals surface area (Å²) < 4.78 is 40.6. The number of allylic oxidation sites excluding steroid dienone is 1. The lowest BCUT2D eigenvalue weighted by Gasteiger charge is -2.06. The monoisotopic (exact) mass is 514 g/mol. The molecule has 4 rings (SSSR count). The Morgan fingerprint density at radius 3 is 2.48 bits per heavy atom. The number of H-pyrrole nitrogens is 1. The Balaban J connectivity index is 1.96. The van der Waals surface area contributed by atoms with Crippen molar-refractivity contribution in [3.8, 4) is 17.3 Å². The van der Waals surface area contributed by atoms with Gasteiger partial charge in [0.25, 0.3) is 0 Å². The lowest BCUT2D eigenvalue weighted by molar-refractivity contribution is 0.603. The van der Waals surface area contributed by atoms with Crippen LogP contribution < -0.4 is 0 Å². The van der Waals surface area contributed by atoms with Gasteiger partial charge in [0.1, 0.15) is 16.8 Å². The van der Waals surface area contributed by atoms with Crippen LogP contribution in [0.15, 0.2) is 81.0 Å². The Bertz CT molecular complexity index is 1490. The molecule has 4 aromatic rings. The van der Waals surface area contributed by atoms with Crippen LogP contribution in [-0.4, -0.2) is 13.4 Å². The number of sulfone groups is 1. The van der Waals surface area contributed by atoms with Crippen molar-refractivity contribution < 1.29 is 12.8 Å². The third kappa shape index (κ3) is 4.02. The number of benzene rings is 3. The summed E-state index contributed by atoms with van der Waals surface area (Å²) in [7, 11) is -4.08. The fourth-order valence-corrected chi connectivity index (χ4v) is 4.75. The van der Waals surface area contributed by atoms with Gasteiger partial charge in [0.05, 0.1) is 15.1 Å². The van der Waals surface area contributed by atoms with E-state index in [0.29, 0.717) is 31.7 Å². The summed E-state index contributed by atoms with van der Waals surface area (Å²) in [5, 5.41) is 10.8. The number of nitrogens with zero attached hydrogens (tertiary/aromatic N) is 1. The number of hydrogen-bond donors (Lipinski definition) is 1. The second-order valence-corrected chi connectivity index (χ2v) is 9.87. The maximum atomic E-state index is 14.2. The van der Waals surface area contributed by atoms with Crippen LogP contribution >= 0.6 is 27.5 Å². The van der Waals surface area contributed by atoms with Crippen molar-refractivity contribution in [3.63, 3.8) is 0 Å². The SMILES string of the molecule is N#C/C(=C/c1c(-c2ccc(Br)c(F)c2)[nH]c2ccccc12)S(=O)(=O)c1ccc(Cl)cc1. The summed E-state index contributed by atoms with van der Waals surface area (Å²) in [4.78, 5) is 2.73. The molecule has 1 N–H and O–H groups in total. The van der Waals surface area contributed by atoms with Gasteiger partial charge in [-0.25, -0.2) is 12.8 Å². The molecule has 0 bridgehead atoms. The maximum Gasteiger partial charge on any atom is 0.216 e. The van der Waals surface area contributed by atoms with E-state index in [1.54, 1.807) is 30.3 Å². The Morgan fingerprint density at radius 1 is 1.10 bits per heavy atom. The third-order valence-electron chi connectivity index (χ3n) is 4.75. The number of nitriles is 1. The average Bonchev–Trinajstić information content (AvgIpc) is 3.12. The van der Waals surface area contributed by atoms with Gasteiger partial charge in [-0.3, -0.25) is 0 Å². The molecule has 0 saturated heterocycles. The van der Waals surface area contributed by atoms with Crippen molar-refractivity contribution in [1.82, 2.24) is 4.98 Å². The number of aromatic nitrogens is 1. The van der Waals surface area contributed by atoms with E-state index in [9.17, 15) is 18.1 Å². The minimum Gasteiger partial charge on any atom is -0.354 e. The van der Waals surface area contributed by atoms with Crippen LogP contribution in [0.25, 0.3) is 28.2 Å². The predicted octanol–water partition coefficient (Wildman–Crippen LogP) is 6.73. The molecule has 8 heteroatoms. The number of aromatic amines is 1. The van der Waals surface area contributed by atoms with Crippen molar-refractivity contribution >= 4 is 54.3 Å². The number of hydrogen-bond acceptors (Lipinski definition) is 3. The van der Waals surface area contributed by atoms with Gasteiger partial charge in [0.15, 0.2) is 0 Å². The highest BCUT2D eigenvalue weighted by Gasteiger charge is 2.23. The van der Waals surface area contributed by atoms with E-state index in [0.717, 1.165) is 5.52 Å². The molecule has 0 fully saturated rings. The smallest absolute Gasteiger partial charge is 0.216 e. The van der Waals surface area contributed by atoms with E-state index in [1.165, 1.54) is 36.4 Å². The zero-order valence-corrected chi connectivity index (χ0v) is 18.9. The molecule has 0 atom stereocenters. The van der Waals surface area contributed by atoms with Crippen molar-refractivity contribution in [2.75, 3.05) is 0 Å². The summed E-state index contributed by atoms with van der Waals surface area (Å²) in [5.41, 5.74) is 2.23. The Hall–Kier alpha value is -2.92. The molecule has 154 valence electrons. The molecule has 0 aliphatic rings. The zero-order chi connectivity index (χ0) is 22.2. The largest absolute Gasteiger partial charge is 0.354 e. The first kappa shape index (κ1) is 21.3. The lowest BCUT2D eigenvalue weighted by atomic mass is 10.0. The third-order valence-corrected chi connectivity index (χ3v) is 7.33. The molecular weight excluding hydrogens is 503 g/mol. The quantitative estimate of drug-likeness (QED) is 0.306. The van der Waals surface area contributed by atoms with Crippen LogP contribution in [0.2, 0.25) is 5.02 Å². The summed E-state index contributed by atoms with van der Waals surface area (Å²) in [6.45, 7) is 0. The minimum atomic E-state index is -4.08. The molecule has 4 nitrogen and oxygen atoms in total. The second kappa shape index (κ2) is 8.31. The predicted molar refractivity (Wildman–Crippen MR) is 124 cm³/mol. The number of para-hydroxylation sites is 1. The molecule has 1 aromatic heterocycles. The van der Waals surface area contributed by atoms with E-state index < -0.39 is 20.6 Å². The number of fused-ring (bicyclic) bond motifs is 1. The van der Waals surface area contributed by atoms with Crippen LogP contribution in [0.5, 0.6) is 0 Å². The second-order valence-electron chi connectivity index (χ2n) is 6.67. The van der Waals surface area contributed by atoms with Crippen molar-refractivity contribution in [2.45, 2.75) is 4.90 Å². The maximum absolute atomic E-state index is 14.2. The summed E-state index contributed by atoms with van der Waals surface area (Å²) in [6, 6.07) is 19.3. The average molecular weight is 516 g/mol. The minimum absolute atomic E-state index is 0.0409. The lowest BCUT2D eigenvalue weighted by Crippen LogP contribution is -2.03. The fraction of sp³-hybridized carbons (Fsp3) is 0. The van der Waals surface area contributed by atoms with Gasteiger partial charge >= 0.3 is 0 Å². The van der Waals surface area contributed by atoms with Gasteiger partial charge in [-0.1, -0.05) is 35.9 Å². The highest BCUT2D eigenvalue weighted by atomic mass is 79.9. The summed E-state index contributed by atoms with van der Waals surface area (Å²) in [5.74, 6) is -0.458. The molecule has 0 radical (unpaired) electrons. The van der Waals surface area contributed by atoms with E-state index in [-0.39, 0.29) is 4.90 Å². The van der Waals surface area contributed by atoms with Crippen LogP contribution in [0.1, 0.15) is 5.56 Å². The standard InChI is InChI=1S/C23H13BrClFN2O2S/c24-20-10-5-14(11-21(20)26)23-19(18-3-1-2-4-22(18)28-23)12-17(13-27)31(29,30)16-8-6-15(25)7-9-16/h1-12,28H/b17-12-. The van der Waals surface area contributed by atoms with Crippen LogP contribution in [0.4, 0.5) is 4.39 Å². The zero-order valence-electron chi connectivity index (χ0n) is 15.7. The van der Waals surface area contributed by atoms with Crippen molar-refractivity contribution in [1.29, 1.82) is 5.26 Å². The van der Waals surface area contributed by atoms with Crippen molar-refractivity contribution in [2.24, 2.45) is 0 Å². The molecule has 0 saturated carbocycles. The molecule has 0 aliphatic heterocycles. The first-order valence-corrected chi connectivity index (χ1v) is 11.7. The van der Waals surface area contributed by atoms with Gasteiger partial charge in [-0.2, -0.15) is 5.26 Å². The summed E-state index contributed by atoms with van der Waals surface area (Å²) in [6.07, 6.45) is 1.32. The van der Waals surface area contributed by atoms with E-state index >= 15 is 0 Å². The first-order valence-electron chi connectivity index (χ1n) is 9.00. The van der Waals surface area contributed by atoms with Crippen LogP contribution in [0.3, 0.4) is 0 Å². The Kier molecular flexibility index (Phi) is 5.71. The van der Waals surface area contributed by atoms with Gasteiger partial charge in [-0.05, 0) is 64.5 Å². The Labute approximate surface area is 191 Å². The van der Waals surface area contributed by atoms with Crippen LogP contribution in [0, 0.1) is 17.1 Å². The number of halogens is 3. The number of nitrogens with one attached hydrogen (secondary N) is 1. The highest BCUT2D eigenvalue weighted by Crippen LogP contribution is 2.35.